The van der Waals surface area contributed by atoms with Gasteiger partial charge in [-0.1, -0.05) is 33.4 Å². The van der Waals surface area contributed by atoms with Gasteiger partial charge in [0.25, 0.3) is 0 Å². The Morgan fingerprint density at radius 2 is 2.06 bits per heavy atom. The summed E-state index contributed by atoms with van der Waals surface area (Å²) < 4.78 is 5.34. The van der Waals surface area contributed by atoms with E-state index in [9.17, 15) is 4.79 Å². The number of hydrogen-bond acceptors (Lipinski definition) is 2. The van der Waals surface area contributed by atoms with E-state index in [0.717, 1.165) is 12.2 Å². The second-order valence-electron chi connectivity index (χ2n) is 4.24. The minimum absolute atomic E-state index is 0. The lowest BCUT2D eigenvalue weighted by atomic mass is 10.0. The summed E-state index contributed by atoms with van der Waals surface area (Å²) in [7, 11) is 0. The van der Waals surface area contributed by atoms with Crippen molar-refractivity contribution in [3.63, 3.8) is 0 Å². The molecule has 0 heterocycles. The van der Waals surface area contributed by atoms with Gasteiger partial charge in [-0.3, -0.25) is 4.79 Å². The average molecular weight is 222 g/mol. The van der Waals surface area contributed by atoms with Crippen molar-refractivity contribution in [3.05, 3.63) is 29.8 Å². The van der Waals surface area contributed by atoms with Crippen molar-refractivity contribution in [1.29, 1.82) is 0 Å². The number of ether oxygens (including phenoxy) is 1. The van der Waals surface area contributed by atoms with Crippen molar-refractivity contribution in [2.24, 2.45) is 5.92 Å². The van der Waals surface area contributed by atoms with Crippen LogP contribution in [0, 0.1) is 5.92 Å². The first kappa shape index (κ1) is 14.7. The predicted molar refractivity (Wildman–Crippen MR) is 67.9 cm³/mol. The third kappa shape index (κ3) is 5.54. The van der Waals surface area contributed by atoms with E-state index in [1.54, 1.807) is 0 Å². The second-order valence-corrected chi connectivity index (χ2v) is 4.24. The molecule has 0 amide bonds. The van der Waals surface area contributed by atoms with E-state index in [2.05, 4.69) is 19.9 Å². The SMILES string of the molecule is C.CC(=O)COc1cccc(CC(C)C)c1. The van der Waals surface area contributed by atoms with E-state index in [0.29, 0.717) is 5.92 Å². The number of hydrogen-bond donors (Lipinski definition) is 0. The fourth-order valence-corrected chi connectivity index (χ4v) is 1.42. The molecule has 0 aliphatic carbocycles. The van der Waals surface area contributed by atoms with Crippen LogP contribution >= 0.6 is 0 Å². The van der Waals surface area contributed by atoms with Gasteiger partial charge in [0, 0.05) is 0 Å². The zero-order chi connectivity index (χ0) is 11.3. The Balaban J connectivity index is 0.00000225. The van der Waals surface area contributed by atoms with Crippen LogP contribution < -0.4 is 4.74 Å². The van der Waals surface area contributed by atoms with E-state index in [1.807, 2.05) is 18.2 Å². The van der Waals surface area contributed by atoms with Crippen LogP contribution in [0.25, 0.3) is 0 Å². The Hall–Kier alpha value is -1.31. The first-order valence-corrected chi connectivity index (χ1v) is 5.29. The molecule has 0 bridgehead atoms. The topological polar surface area (TPSA) is 26.3 Å². The lowest BCUT2D eigenvalue weighted by Gasteiger charge is -2.08. The van der Waals surface area contributed by atoms with Crippen LogP contribution in [-0.4, -0.2) is 12.4 Å². The third-order valence-corrected chi connectivity index (χ3v) is 1.98. The number of Topliss-reactive ketones (excluding diaryl/α,β-unsaturated/α-hetero) is 1. The second kappa shape index (κ2) is 7.04. The molecule has 0 atom stereocenters. The standard InChI is InChI=1S/C13H18O2.CH4/c1-10(2)7-12-5-4-6-13(8-12)15-9-11(3)14;/h4-6,8,10H,7,9H2,1-3H3;1H4. The zero-order valence-corrected chi connectivity index (χ0v) is 9.62. The Bertz CT molecular complexity index is 329. The van der Waals surface area contributed by atoms with Gasteiger partial charge in [0.1, 0.15) is 12.4 Å². The maximum absolute atomic E-state index is 10.8. The molecule has 0 saturated carbocycles. The molecular weight excluding hydrogens is 200 g/mol. The van der Waals surface area contributed by atoms with Gasteiger partial charge in [0.15, 0.2) is 5.78 Å². The molecule has 0 aliphatic rings. The molecular formula is C14H22O2. The molecule has 1 rings (SSSR count). The highest BCUT2D eigenvalue weighted by atomic mass is 16.5. The smallest absolute Gasteiger partial charge is 0.167 e. The van der Waals surface area contributed by atoms with Crippen molar-refractivity contribution in [2.75, 3.05) is 6.61 Å². The van der Waals surface area contributed by atoms with Crippen LogP contribution in [0.5, 0.6) is 5.75 Å². The molecule has 0 fully saturated rings. The van der Waals surface area contributed by atoms with Gasteiger partial charge in [-0.15, -0.1) is 0 Å². The number of carbonyl (C=O) groups is 1. The highest BCUT2D eigenvalue weighted by molar-refractivity contribution is 5.77. The highest BCUT2D eigenvalue weighted by Crippen LogP contribution is 2.16. The first-order valence-electron chi connectivity index (χ1n) is 5.29. The predicted octanol–water partition coefficient (Wildman–Crippen LogP) is 3.49. The van der Waals surface area contributed by atoms with Crippen molar-refractivity contribution in [1.82, 2.24) is 0 Å². The minimum Gasteiger partial charge on any atom is -0.486 e. The van der Waals surface area contributed by atoms with Crippen LogP contribution in [-0.2, 0) is 11.2 Å². The minimum atomic E-state index is 0. The molecule has 16 heavy (non-hydrogen) atoms. The molecule has 0 aliphatic heterocycles. The highest BCUT2D eigenvalue weighted by Gasteiger charge is 2.01. The van der Waals surface area contributed by atoms with Crippen molar-refractivity contribution in [3.8, 4) is 5.75 Å². The monoisotopic (exact) mass is 222 g/mol. The molecule has 0 unspecified atom stereocenters. The molecule has 0 spiro atoms. The lowest BCUT2D eigenvalue weighted by molar-refractivity contribution is -0.118. The van der Waals surface area contributed by atoms with Crippen LogP contribution in [0.15, 0.2) is 24.3 Å². The third-order valence-electron chi connectivity index (χ3n) is 1.98. The molecule has 0 radical (unpaired) electrons. The van der Waals surface area contributed by atoms with E-state index >= 15 is 0 Å². The summed E-state index contributed by atoms with van der Waals surface area (Å²) in [4.78, 5) is 10.8. The van der Waals surface area contributed by atoms with Gasteiger partial charge in [0.05, 0.1) is 0 Å². The number of ketones is 1. The summed E-state index contributed by atoms with van der Waals surface area (Å²) in [5.74, 6) is 1.46. The van der Waals surface area contributed by atoms with Gasteiger partial charge in [-0.25, -0.2) is 0 Å². The van der Waals surface area contributed by atoms with E-state index in [-0.39, 0.29) is 19.8 Å². The fraction of sp³-hybridized carbons (Fsp3) is 0.500. The van der Waals surface area contributed by atoms with Gasteiger partial charge in [0.2, 0.25) is 0 Å². The number of benzene rings is 1. The van der Waals surface area contributed by atoms with Crippen LogP contribution in [0.2, 0.25) is 0 Å². The molecule has 2 nitrogen and oxygen atoms in total. The molecule has 90 valence electrons. The Labute approximate surface area is 98.6 Å². The molecule has 1 aromatic carbocycles. The molecule has 0 aromatic heterocycles. The van der Waals surface area contributed by atoms with Gasteiger partial charge < -0.3 is 4.74 Å². The molecule has 0 N–H and O–H groups in total. The van der Waals surface area contributed by atoms with Crippen LogP contribution in [0.3, 0.4) is 0 Å². The van der Waals surface area contributed by atoms with Gasteiger partial charge in [-0.05, 0) is 37.0 Å². The molecule has 0 saturated heterocycles. The lowest BCUT2D eigenvalue weighted by Crippen LogP contribution is -2.06. The van der Waals surface area contributed by atoms with E-state index in [1.165, 1.54) is 12.5 Å². The summed E-state index contributed by atoms with van der Waals surface area (Å²) >= 11 is 0. The van der Waals surface area contributed by atoms with Gasteiger partial charge in [-0.2, -0.15) is 0 Å². The fourth-order valence-electron chi connectivity index (χ4n) is 1.42. The summed E-state index contributed by atoms with van der Waals surface area (Å²) in [6.07, 6.45) is 1.04. The quantitative estimate of drug-likeness (QED) is 0.762. The summed E-state index contributed by atoms with van der Waals surface area (Å²) in [6, 6.07) is 7.93. The van der Waals surface area contributed by atoms with Gasteiger partial charge >= 0.3 is 0 Å². The maximum atomic E-state index is 10.8. The first-order chi connectivity index (χ1) is 7.08. The van der Waals surface area contributed by atoms with E-state index < -0.39 is 0 Å². The molecule has 1 aromatic rings. The van der Waals surface area contributed by atoms with Crippen LogP contribution in [0.1, 0.15) is 33.8 Å². The largest absolute Gasteiger partial charge is 0.486 e. The summed E-state index contributed by atoms with van der Waals surface area (Å²) in [5, 5.41) is 0. The number of carbonyl (C=O) groups excluding carboxylic acids is 1. The van der Waals surface area contributed by atoms with E-state index in [4.69, 9.17) is 4.74 Å². The maximum Gasteiger partial charge on any atom is 0.167 e. The Morgan fingerprint density at radius 3 is 2.62 bits per heavy atom. The Kier molecular flexibility index (Phi) is 6.47. The zero-order valence-electron chi connectivity index (χ0n) is 9.62. The summed E-state index contributed by atoms with van der Waals surface area (Å²) in [6.45, 7) is 6.05. The number of rotatable bonds is 5. The van der Waals surface area contributed by atoms with Crippen LogP contribution in [0.4, 0.5) is 0 Å². The van der Waals surface area contributed by atoms with Crippen molar-refractivity contribution in [2.45, 2.75) is 34.6 Å². The normalized spacial score (nSPS) is 9.75. The summed E-state index contributed by atoms with van der Waals surface area (Å²) in [5.41, 5.74) is 1.26. The Morgan fingerprint density at radius 1 is 1.38 bits per heavy atom. The molecule has 2 heteroatoms. The van der Waals surface area contributed by atoms with Crippen molar-refractivity contribution < 1.29 is 9.53 Å². The average Bonchev–Trinajstić information content (AvgIpc) is 2.14. The van der Waals surface area contributed by atoms with Crippen molar-refractivity contribution >= 4 is 5.78 Å².